The number of carbonyl (C=O) groups is 1. The van der Waals surface area contributed by atoms with Gasteiger partial charge < -0.3 is 5.73 Å². The number of nitrogens with two attached hydrogens (primary N) is 1. The first-order valence-corrected chi connectivity index (χ1v) is 4.19. The quantitative estimate of drug-likeness (QED) is 0.703. The zero-order chi connectivity index (χ0) is 10.2. The molecule has 0 spiro atoms. The van der Waals surface area contributed by atoms with Gasteiger partial charge in [0.25, 0.3) is 5.91 Å². The molecule has 0 saturated heterocycles. The molecule has 0 aliphatic rings. The number of nitrogens with zero attached hydrogens (tertiary/aromatic N) is 2. The largest absolute Gasteiger partial charge is 0.364 e. The maximum absolute atomic E-state index is 11.0. The summed E-state index contributed by atoms with van der Waals surface area (Å²) >= 11 is 0. The third kappa shape index (κ3) is 1.88. The number of hydrogen-bond donors (Lipinski definition) is 1. The maximum Gasteiger partial charge on any atom is 0.267 e. The first-order valence-electron chi connectivity index (χ1n) is 4.19. The first-order chi connectivity index (χ1) is 5.82. The number of rotatable bonds is 1. The number of amides is 1. The lowest BCUT2D eigenvalue weighted by Gasteiger charge is -2.21. The van der Waals surface area contributed by atoms with Crippen molar-refractivity contribution < 1.29 is 4.79 Å². The Balaban J connectivity index is 3.28. The van der Waals surface area contributed by atoms with Crippen LogP contribution < -0.4 is 5.73 Å². The van der Waals surface area contributed by atoms with E-state index in [2.05, 4.69) is 5.10 Å². The predicted molar refractivity (Wildman–Crippen MR) is 50.5 cm³/mol. The van der Waals surface area contributed by atoms with Gasteiger partial charge in [0.2, 0.25) is 0 Å². The molecule has 1 rings (SSSR count). The van der Waals surface area contributed by atoms with Gasteiger partial charge in [-0.1, -0.05) is 0 Å². The molecule has 4 nitrogen and oxygen atoms in total. The number of hydrogen-bond acceptors (Lipinski definition) is 2. The molecule has 0 fully saturated rings. The number of carbonyl (C=O) groups excluding carboxylic acids is 1. The highest BCUT2D eigenvalue weighted by atomic mass is 16.1. The number of aryl methyl sites for hydroxylation is 1. The summed E-state index contributed by atoms with van der Waals surface area (Å²) in [5.74, 6) is -0.435. The van der Waals surface area contributed by atoms with Crippen LogP contribution in [0.25, 0.3) is 0 Å². The monoisotopic (exact) mass is 181 g/mol. The van der Waals surface area contributed by atoms with Crippen LogP contribution in [-0.4, -0.2) is 15.7 Å². The second-order valence-corrected chi connectivity index (χ2v) is 4.12. The van der Waals surface area contributed by atoms with E-state index in [4.69, 9.17) is 5.73 Å². The molecule has 1 amide bonds. The molecule has 0 radical (unpaired) electrons. The van der Waals surface area contributed by atoms with Gasteiger partial charge in [-0.2, -0.15) is 5.10 Å². The van der Waals surface area contributed by atoms with Crippen molar-refractivity contribution in [3.63, 3.8) is 0 Å². The van der Waals surface area contributed by atoms with Crippen molar-refractivity contribution >= 4 is 5.91 Å². The molecule has 4 heteroatoms. The van der Waals surface area contributed by atoms with Crippen LogP contribution >= 0.6 is 0 Å². The molecule has 0 atom stereocenters. The highest BCUT2D eigenvalue weighted by molar-refractivity contribution is 5.91. The zero-order valence-corrected chi connectivity index (χ0v) is 8.46. The summed E-state index contributed by atoms with van der Waals surface area (Å²) in [5.41, 5.74) is 6.29. The van der Waals surface area contributed by atoms with Crippen LogP contribution in [-0.2, 0) is 5.54 Å². The van der Waals surface area contributed by atoms with Crippen molar-refractivity contribution in [2.45, 2.75) is 33.2 Å². The molecule has 0 saturated carbocycles. The SMILES string of the molecule is Cc1cc(C(N)=O)n(C(C)(C)C)n1. The Morgan fingerprint density at radius 3 is 2.38 bits per heavy atom. The third-order valence-electron chi connectivity index (χ3n) is 1.72. The minimum absolute atomic E-state index is 0.210. The topological polar surface area (TPSA) is 60.9 Å². The average molecular weight is 181 g/mol. The predicted octanol–water partition coefficient (Wildman–Crippen LogP) is 1.05. The van der Waals surface area contributed by atoms with Crippen molar-refractivity contribution in [1.29, 1.82) is 0 Å². The molecule has 0 bridgehead atoms. The van der Waals surface area contributed by atoms with E-state index in [0.717, 1.165) is 5.69 Å². The van der Waals surface area contributed by atoms with Gasteiger partial charge in [0.05, 0.1) is 11.2 Å². The van der Waals surface area contributed by atoms with Gasteiger partial charge >= 0.3 is 0 Å². The lowest BCUT2D eigenvalue weighted by molar-refractivity contribution is 0.0982. The summed E-state index contributed by atoms with van der Waals surface area (Å²) in [5, 5.41) is 4.22. The summed E-state index contributed by atoms with van der Waals surface area (Å²) in [7, 11) is 0. The summed E-state index contributed by atoms with van der Waals surface area (Å²) in [6, 6.07) is 1.70. The van der Waals surface area contributed by atoms with E-state index >= 15 is 0 Å². The van der Waals surface area contributed by atoms with Crippen LogP contribution in [0.4, 0.5) is 0 Å². The number of primary amides is 1. The second-order valence-electron chi connectivity index (χ2n) is 4.12. The molecule has 1 aromatic rings. The molecule has 1 heterocycles. The van der Waals surface area contributed by atoms with E-state index < -0.39 is 5.91 Å². The fourth-order valence-corrected chi connectivity index (χ4v) is 1.19. The summed E-state index contributed by atoms with van der Waals surface area (Å²) in [4.78, 5) is 11.0. The molecule has 0 aliphatic carbocycles. The molecular weight excluding hydrogens is 166 g/mol. The highest BCUT2D eigenvalue weighted by Crippen LogP contribution is 2.16. The van der Waals surface area contributed by atoms with E-state index in [1.807, 2.05) is 27.7 Å². The van der Waals surface area contributed by atoms with Crippen LogP contribution in [0.2, 0.25) is 0 Å². The highest BCUT2D eigenvalue weighted by Gasteiger charge is 2.20. The van der Waals surface area contributed by atoms with Crippen molar-refractivity contribution in [2.75, 3.05) is 0 Å². The van der Waals surface area contributed by atoms with E-state index in [-0.39, 0.29) is 5.54 Å². The van der Waals surface area contributed by atoms with Crippen LogP contribution in [0.5, 0.6) is 0 Å². The van der Waals surface area contributed by atoms with Gasteiger partial charge in [0.1, 0.15) is 5.69 Å². The Hall–Kier alpha value is -1.32. The van der Waals surface area contributed by atoms with Crippen LogP contribution in [0.3, 0.4) is 0 Å². The Kier molecular flexibility index (Phi) is 2.15. The normalized spacial score (nSPS) is 11.7. The zero-order valence-electron chi connectivity index (χ0n) is 8.46. The van der Waals surface area contributed by atoms with Crippen molar-refractivity contribution in [3.05, 3.63) is 17.5 Å². The molecule has 0 aromatic carbocycles. The first kappa shape index (κ1) is 9.77. The molecule has 13 heavy (non-hydrogen) atoms. The van der Waals surface area contributed by atoms with Crippen LogP contribution in [0, 0.1) is 6.92 Å². The fraction of sp³-hybridized carbons (Fsp3) is 0.556. The average Bonchev–Trinajstić information content (AvgIpc) is 2.29. The van der Waals surface area contributed by atoms with E-state index in [1.54, 1.807) is 10.7 Å². The van der Waals surface area contributed by atoms with Gasteiger partial charge in [0.15, 0.2) is 0 Å². The van der Waals surface area contributed by atoms with Crippen LogP contribution in [0.1, 0.15) is 37.0 Å². The van der Waals surface area contributed by atoms with Gasteiger partial charge in [0, 0.05) is 0 Å². The van der Waals surface area contributed by atoms with Gasteiger partial charge in [-0.15, -0.1) is 0 Å². The Bertz CT molecular complexity index is 333. The fourth-order valence-electron chi connectivity index (χ4n) is 1.19. The smallest absolute Gasteiger partial charge is 0.267 e. The van der Waals surface area contributed by atoms with E-state index in [9.17, 15) is 4.79 Å². The second kappa shape index (κ2) is 2.87. The lowest BCUT2D eigenvalue weighted by Crippen LogP contribution is -2.29. The minimum Gasteiger partial charge on any atom is -0.364 e. The Morgan fingerprint density at radius 1 is 1.54 bits per heavy atom. The standard InChI is InChI=1S/C9H15N3O/c1-6-5-7(8(10)13)12(11-6)9(2,3)4/h5H,1-4H3,(H2,10,13). The van der Waals surface area contributed by atoms with Gasteiger partial charge in [-0.25, -0.2) is 0 Å². The molecule has 0 unspecified atom stereocenters. The Morgan fingerprint density at radius 2 is 2.08 bits per heavy atom. The third-order valence-corrected chi connectivity index (χ3v) is 1.72. The van der Waals surface area contributed by atoms with Crippen molar-refractivity contribution in [3.8, 4) is 0 Å². The molecule has 2 N–H and O–H groups in total. The van der Waals surface area contributed by atoms with Crippen LogP contribution in [0.15, 0.2) is 6.07 Å². The summed E-state index contributed by atoms with van der Waals surface area (Å²) < 4.78 is 1.66. The lowest BCUT2D eigenvalue weighted by atomic mass is 10.1. The van der Waals surface area contributed by atoms with Crippen molar-refractivity contribution in [2.24, 2.45) is 5.73 Å². The molecule has 72 valence electrons. The molecule has 1 aromatic heterocycles. The Labute approximate surface area is 77.7 Å². The van der Waals surface area contributed by atoms with Gasteiger partial charge in [-0.05, 0) is 33.8 Å². The maximum atomic E-state index is 11.0. The van der Waals surface area contributed by atoms with Crippen molar-refractivity contribution in [1.82, 2.24) is 9.78 Å². The van der Waals surface area contributed by atoms with E-state index in [1.165, 1.54) is 0 Å². The van der Waals surface area contributed by atoms with Gasteiger partial charge in [-0.3, -0.25) is 9.48 Å². The summed E-state index contributed by atoms with van der Waals surface area (Å²) in [6.45, 7) is 7.78. The molecule has 0 aliphatic heterocycles. The van der Waals surface area contributed by atoms with E-state index in [0.29, 0.717) is 5.69 Å². The minimum atomic E-state index is -0.435. The summed E-state index contributed by atoms with van der Waals surface area (Å²) in [6.07, 6.45) is 0. The number of aromatic nitrogens is 2. The molecular formula is C9H15N3O.